The van der Waals surface area contributed by atoms with Crippen molar-refractivity contribution in [2.45, 2.75) is 32.6 Å². The van der Waals surface area contributed by atoms with Crippen LogP contribution in [-0.2, 0) is 4.74 Å². The number of unbranched alkanes of at least 4 members (excludes halogenated alkanes) is 3. The van der Waals surface area contributed by atoms with E-state index in [1.807, 2.05) is 19.2 Å². The number of nitrogens with zero attached hydrogens (tertiary/aromatic N) is 1. The van der Waals surface area contributed by atoms with E-state index in [-0.39, 0.29) is 5.97 Å². The maximum Gasteiger partial charge on any atom is 0.338 e. The lowest BCUT2D eigenvalue weighted by molar-refractivity contribution is 0.0498. The van der Waals surface area contributed by atoms with E-state index in [0.717, 1.165) is 28.2 Å². The van der Waals surface area contributed by atoms with Crippen LogP contribution in [0.3, 0.4) is 0 Å². The van der Waals surface area contributed by atoms with Crippen molar-refractivity contribution in [3.8, 4) is 0 Å². The van der Waals surface area contributed by atoms with E-state index >= 15 is 0 Å². The predicted molar refractivity (Wildman–Crippen MR) is 83.6 cm³/mol. The van der Waals surface area contributed by atoms with Gasteiger partial charge >= 0.3 is 5.97 Å². The van der Waals surface area contributed by atoms with Gasteiger partial charge in [-0.2, -0.15) is 0 Å². The number of hydrogen-bond acceptors (Lipinski definition) is 5. The van der Waals surface area contributed by atoms with Crippen LogP contribution in [0.5, 0.6) is 0 Å². The van der Waals surface area contributed by atoms with Crippen LogP contribution in [-0.4, -0.2) is 24.6 Å². The van der Waals surface area contributed by atoms with Gasteiger partial charge in [-0.15, -0.1) is 0 Å². The molecule has 0 fully saturated rings. The van der Waals surface area contributed by atoms with Crippen molar-refractivity contribution in [1.82, 2.24) is 4.98 Å². The molecular weight excluding hydrogens is 272 g/mol. The molecule has 1 heterocycles. The number of esters is 1. The third-order valence-electron chi connectivity index (χ3n) is 3.07. The van der Waals surface area contributed by atoms with Gasteiger partial charge in [-0.25, -0.2) is 9.78 Å². The number of benzene rings is 1. The van der Waals surface area contributed by atoms with Crippen molar-refractivity contribution in [3.05, 3.63) is 23.8 Å². The van der Waals surface area contributed by atoms with Crippen LogP contribution in [0.25, 0.3) is 10.2 Å². The molecule has 4 nitrogen and oxygen atoms in total. The summed E-state index contributed by atoms with van der Waals surface area (Å²) < 4.78 is 6.28. The number of thiazole rings is 1. The van der Waals surface area contributed by atoms with Crippen molar-refractivity contribution in [1.29, 1.82) is 0 Å². The molecule has 1 aromatic heterocycles. The number of anilines is 1. The molecule has 1 N–H and O–H groups in total. The van der Waals surface area contributed by atoms with Crippen LogP contribution in [0, 0.1) is 0 Å². The Balaban J connectivity index is 1.95. The SMILES string of the molecule is CCCCCCOC(=O)c1ccc2nc(NC)sc2c1. The van der Waals surface area contributed by atoms with Gasteiger partial charge in [0.05, 0.1) is 22.4 Å². The Hall–Kier alpha value is -1.62. The molecule has 20 heavy (non-hydrogen) atoms. The summed E-state index contributed by atoms with van der Waals surface area (Å²) in [5.41, 5.74) is 1.50. The van der Waals surface area contributed by atoms with Gasteiger partial charge in [0.25, 0.3) is 0 Å². The van der Waals surface area contributed by atoms with Crippen LogP contribution >= 0.6 is 11.3 Å². The Morgan fingerprint density at radius 3 is 2.95 bits per heavy atom. The van der Waals surface area contributed by atoms with Gasteiger partial charge in [-0.3, -0.25) is 0 Å². The molecule has 2 rings (SSSR count). The van der Waals surface area contributed by atoms with Crippen LogP contribution in [0.1, 0.15) is 43.0 Å². The zero-order valence-electron chi connectivity index (χ0n) is 11.9. The highest BCUT2D eigenvalue weighted by Crippen LogP contribution is 2.26. The quantitative estimate of drug-likeness (QED) is 0.617. The lowest BCUT2D eigenvalue weighted by atomic mass is 10.2. The summed E-state index contributed by atoms with van der Waals surface area (Å²) in [5.74, 6) is -0.247. The highest BCUT2D eigenvalue weighted by molar-refractivity contribution is 7.22. The zero-order valence-corrected chi connectivity index (χ0v) is 12.8. The lowest BCUT2D eigenvalue weighted by Crippen LogP contribution is -2.06. The normalized spacial score (nSPS) is 10.7. The standard InChI is InChI=1S/C15H20N2O2S/c1-3-4-5-6-9-19-14(18)11-7-8-12-13(10-11)20-15(16-2)17-12/h7-8,10H,3-6,9H2,1-2H3,(H,16,17). The van der Waals surface area contributed by atoms with Crippen molar-refractivity contribution < 1.29 is 9.53 Å². The summed E-state index contributed by atoms with van der Waals surface area (Å²) in [4.78, 5) is 16.3. The second-order valence-electron chi connectivity index (χ2n) is 4.65. The Morgan fingerprint density at radius 1 is 1.35 bits per heavy atom. The average Bonchev–Trinajstić information content (AvgIpc) is 2.88. The molecule has 0 aliphatic rings. The first kappa shape index (κ1) is 14.8. The number of ether oxygens (including phenoxy) is 1. The van der Waals surface area contributed by atoms with Gasteiger partial charge in [0, 0.05) is 7.05 Å². The van der Waals surface area contributed by atoms with E-state index in [9.17, 15) is 4.79 Å². The summed E-state index contributed by atoms with van der Waals surface area (Å²) in [6.45, 7) is 2.66. The third-order valence-corrected chi connectivity index (χ3v) is 4.10. The minimum Gasteiger partial charge on any atom is -0.462 e. The second-order valence-corrected chi connectivity index (χ2v) is 5.68. The van der Waals surface area contributed by atoms with E-state index in [1.54, 1.807) is 6.07 Å². The molecule has 0 atom stereocenters. The van der Waals surface area contributed by atoms with Gasteiger partial charge in [0.2, 0.25) is 0 Å². The molecule has 2 aromatic rings. The molecule has 0 aliphatic heterocycles. The zero-order chi connectivity index (χ0) is 14.4. The first-order chi connectivity index (χ1) is 9.74. The molecule has 0 radical (unpaired) electrons. The van der Waals surface area contributed by atoms with Crippen molar-refractivity contribution in [3.63, 3.8) is 0 Å². The number of rotatable bonds is 7. The van der Waals surface area contributed by atoms with E-state index in [0.29, 0.717) is 12.2 Å². The third kappa shape index (κ3) is 3.70. The monoisotopic (exact) mass is 292 g/mol. The fourth-order valence-electron chi connectivity index (χ4n) is 1.94. The van der Waals surface area contributed by atoms with E-state index in [4.69, 9.17) is 4.74 Å². The first-order valence-corrected chi connectivity index (χ1v) is 7.81. The van der Waals surface area contributed by atoms with E-state index in [1.165, 1.54) is 24.2 Å². The maximum absolute atomic E-state index is 11.9. The summed E-state index contributed by atoms with van der Waals surface area (Å²) in [7, 11) is 1.84. The van der Waals surface area contributed by atoms with E-state index < -0.39 is 0 Å². The topological polar surface area (TPSA) is 51.2 Å². The smallest absolute Gasteiger partial charge is 0.338 e. The summed E-state index contributed by atoms with van der Waals surface area (Å²) in [6, 6.07) is 5.48. The number of nitrogens with one attached hydrogen (secondary N) is 1. The van der Waals surface area contributed by atoms with Crippen molar-refractivity contribution in [2.75, 3.05) is 19.0 Å². The van der Waals surface area contributed by atoms with Crippen LogP contribution in [0.2, 0.25) is 0 Å². The number of hydrogen-bond donors (Lipinski definition) is 1. The number of aromatic nitrogens is 1. The minimum absolute atomic E-state index is 0.247. The maximum atomic E-state index is 11.9. The molecule has 0 saturated carbocycles. The molecule has 0 spiro atoms. The van der Waals surface area contributed by atoms with Gasteiger partial charge in [0.15, 0.2) is 5.13 Å². The fraction of sp³-hybridized carbons (Fsp3) is 0.467. The largest absolute Gasteiger partial charge is 0.462 e. The molecule has 0 saturated heterocycles. The molecule has 1 aromatic carbocycles. The minimum atomic E-state index is -0.247. The lowest BCUT2D eigenvalue weighted by Gasteiger charge is -2.04. The number of carbonyl (C=O) groups excluding carboxylic acids is 1. The Kier molecular flexibility index (Phi) is 5.35. The van der Waals surface area contributed by atoms with Crippen LogP contribution in [0.4, 0.5) is 5.13 Å². The average molecular weight is 292 g/mol. The highest BCUT2D eigenvalue weighted by Gasteiger charge is 2.10. The summed E-state index contributed by atoms with van der Waals surface area (Å²) in [6.07, 6.45) is 4.43. The Labute approximate surface area is 123 Å². The van der Waals surface area contributed by atoms with Crippen molar-refractivity contribution >= 4 is 32.7 Å². The molecule has 108 valence electrons. The van der Waals surface area contributed by atoms with Gasteiger partial charge in [-0.05, 0) is 24.6 Å². The van der Waals surface area contributed by atoms with Gasteiger partial charge < -0.3 is 10.1 Å². The highest BCUT2D eigenvalue weighted by atomic mass is 32.1. The number of fused-ring (bicyclic) bond motifs is 1. The predicted octanol–water partition coefficient (Wildman–Crippen LogP) is 4.08. The van der Waals surface area contributed by atoms with Gasteiger partial charge in [0.1, 0.15) is 0 Å². The van der Waals surface area contributed by atoms with Crippen molar-refractivity contribution in [2.24, 2.45) is 0 Å². The molecule has 0 amide bonds. The molecule has 5 heteroatoms. The molecule has 0 bridgehead atoms. The molecule has 0 unspecified atom stereocenters. The second kappa shape index (κ2) is 7.24. The van der Waals surface area contributed by atoms with Crippen LogP contribution < -0.4 is 5.32 Å². The Bertz CT molecular complexity index is 580. The fourth-order valence-corrected chi connectivity index (χ4v) is 2.79. The molecular formula is C15H20N2O2S. The molecule has 0 aliphatic carbocycles. The van der Waals surface area contributed by atoms with Gasteiger partial charge in [-0.1, -0.05) is 37.5 Å². The summed E-state index contributed by atoms with van der Waals surface area (Å²) in [5, 5.41) is 3.86. The van der Waals surface area contributed by atoms with Crippen LogP contribution in [0.15, 0.2) is 18.2 Å². The Morgan fingerprint density at radius 2 is 2.20 bits per heavy atom. The first-order valence-electron chi connectivity index (χ1n) is 7.00. The number of carbonyl (C=O) groups is 1. The van der Waals surface area contributed by atoms with E-state index in [2.05, 4.69) is 17.2 Å². The summed E-state index contributed by atoms with van der Waals surface area (Å²) >= 11 is 1.53.